The highest BCUT2D eigenvalue weighted by Gasteiger charge is 2.44. The summed E-state index contributed by atoms with van der Waals surface area (Å²) in [6, 6.07) is 9.52. The molecule has 0 aromatic heterocycles. The fourth-order valence-corrected chi connectivity index (χ4v) is 3.63. The van der Waals surface area contributed by atoms with Gasteiger partial charge in [0.25, 0.3) is 0 Å². The normalized spacial score (nSPS) is 21.4. The zero-order valence-electron chi connectivity index (χ0n) is 13.9. The summed E-state index contributed by atoms with van der Waals surface area (Å²) in [7, 11) is 0. The van der Waals surface area contributed by atoms with E-state index in [1.54, 1.807) is 4.90 Å². The summed E-state index contributed by atoms with van der Waals surface area (Å²) in [6.45, 7) is 6.43. The molecular weight excluding hydrogens is 312 g/mol. The lowest BCUT2D eigenvalue weighted by atomic mass is 10.00. The zero-order valence-corrected chi connectivity index (χ0v) is 14.7. The number of amides is 2. The van der Waals surface area contributed by atoms with Crippen LogP contribution in [-0.2, 0) is 9.59 Å². The molecule has 1 N–H and O–H groups in total. The van der Waals surface area contributed by atoms with Crippen molar-refractivity contribution in [3.63, 3.8) is 0 Å². The number of rotatable bonds is 6. The van der Waals surface area contributed by atoms with Crippen molar-refractivity contribution >= 4 is 23.6 Å². The molecule has 126 valence electrons. The van der Waals surface area contributed by atoms with Crippen LogP contribution in [0.15, 0.2) is 30.3 Å². The molecule has 1 atom stereocenters. The van der Waals surface area contributed by atoms with E-state index in [0.717, 1.165) is 5.75 Å². The Labute approximate surface area is 141 Å². The van der Waals surface area contributed by atoms with Gasteiger partial charge in [-0.3, -0.25) is 9.59 Å². The first-order chi connectivity index (χ1) is 10.9. The Bertz CT molecular complexity index is 550. The molecule has 0 aliphatic carbocycles. The SMILES string of the molecule is CC(C)NC(=O)C1(C)CSCC(=O)N1CCOc1ccccc1. The molecule has 1 unspecified atom stereocenters. The Morgan fingerprint density at radius 3 is 2.74 bits per heavy atom. The standard InChI is InChI=1S/C17H24N2O3S/c1-13(2)18-16(21)17(3)12-23-11-15(20)19(17)9-10-22-14-7-5-4-6-8-14/h4-8,13H,9-12H2,1-3H3,(H,18,21). The maximum absolute atomic E-state index is 12.6. The maximum Gasteiger partial charge on any atom is 0.246 e. The second-order valence-electron chi connectivity index (χ2n) is 6.10. The molecule has 0 radical (unpaired) electrons. The van der Waals surface area contributed by atoms with Crippen molar-refractivity contribution in [2.24, 2.45) is 0 Å². The van der Waals surface area contributed by atoms with E-state index in [2.05, 4.69) is 5.32 Å². The van der Waals surface area contributed by atoms with E-state index in [0.29, 0.717) is 24.7 Å². The molecule has 1 heterocycles. The molecule has 1 aromatic rings. The van der Waals surface area contributed by atoms with E-state index in [1.165, 1.54) is 11.8 Å². The van der Waals surface area contributed by atoms with Gasteiger partial charge in [0.15, 0.2) is 0 Å². The Morgan fingerprint density at radius 1 is 1.39 bits per heavy atom. The monoisotopic (exact) mass is 336 g/mol. The van der Waals surface area contributed by atoms with Crippen LogP contribution in [-0.4, -0.2) is 53.0 Å². The van der Waals surface area contributed by atoms with Crippen LogP contribution in [0.3, 0.4) is 0 Å². The van der Waals surface area contributed by atoms with Gasteiger partial charge in [-0.1, -0.05) is 18.2 Å². The Morgan fingerprint density at radius 2 is 2.09 bits per heavy atom. The minimum absolute atomic E-state index is 0.0145. The number of para-hydroxylation sites is 1. The summed E-state index contributed by atoms with van der Waals surface area (Å²) >= 11 is 1.51. The molecule has 5 nitrogen and oxygen atoms in total. The number of carbonyl (C=O) groups is 2. The van der Waals surface area contributed by atoms with Crippen molar-refractivity contribution in [3.8, 4) is 5.75 Å². The highest BCUT2D eigenvalue weighted by atomic mass is 32.2. The van der Waals surface area contributed by atoms with Gasteiger partial charge in [-0.25, -0.2) is 0 Å². The summed E-state index contributed by atoms with van der Waals surface area (Å²) in [5, 5.41) is 2.92. The van der Waals surface area contributed by atoms with Crippen LogP contribution >= 0.6 is 11.8 Å². The molecule has 1 aliphatic heterocycles. The number of benzene rings is 1. The average Bonchev–Trinajstić information content (AvgIpc) is 2.50. The average molecular weight is 336 g/mol. The first kappa shape index (κ1) is 17.7. The Balaban J connectivity index is 2.02. The summed E-state index contributed by atoms with van der Waals surface area (Å²) < 4.78 is 5.68. The fourth-order valence-electron chi connectivity index (χ4n) is 2.52. The van der Waals surface area contributed by atoms with E-state index >= 15 is 0 Å². The van der Waals surface area contributed by atoms with Gasteiger partial charge in [0, 0.05) is 11.8 Å². The Hall–Kier alpha value is -1.69. The molecule has 1 fully saturated rings. The summed E-state index contributed by atoms with van der Waals surface area (Å²) in [6.07, 6.45) is 0. The smallest absolute Gasteiger partial charge is 0.246 e. The highest BCUT2D eigenvalue weighted by Crippen LogP contribution is 2.27. The number of nitrogens with zero attached hydrogens (tertiary/aromatic N) is 1. The van der Waals surface area contributed by atoms with E-state index in [1.807, 2.05) is 51.1 Å². The molecule has 2 rings (SSSR count). The minimum atomic E-state index is -0.829. The summed E-state index contributed by atoms with van der Waals surface area (Å²) in [5.41, 5.74) is -0.829. The fraction of sp³-hybridized carbons (Fsp3) is 0.529. The molecule has 2 amide bonds. The number of nitrogens with one attached hydrogen (secondary N) is 1. The van der Waals surface area contributed by atoms with Gasteiger partial charge >= 0.3 is 0 Å². The third-order valence-electron chi connectivity index (χ3n) is 3.74. The lowest BCUT2D eigenvalue weighted by molar-refractivity contribution is -0.145. The van der Waals surface area contributed by atoms with Gasteiger partial charge < -0.3 is 15.0 Å². The summed E-state index contributed by atoms with van der Waals surface area (Å²) in [5.74, 6) is 1.66. The van der Waals surface area contributed by atoms with E-state index in [9.17, 15) is 9.59 Å². The third-order valence-corrected chi connectivity index (χ3v) is 4.96. The largest absolute Gasteiger partial charge is 0.492 e. The molecule has 1 aliphatic rings. The van der Waals surface area contributed by atoms with Crippen molar-refractivity contribution < 1.29 is 14.3 Å². The maximum atomic E-state index is 12.6. The minimum Gasteiger partial charge on any atom is -0.492 e. The molecule has 0 spiro atoms. The van der Waals surface area contributed by atoms with Crippen LogP contribution in [0.5, 0.6) is 5.75 Å². The van der Waals surface area contributed by atoms with E-state index in [4.69, 9.17) is 4.74 Å². The van der Waals surface area contributed by atoms with Crippen molar-refractivity contribution in [3.05, 3.63) is 30.3 Å². The quantitative estimate of drug-likeness (QED) is 0.862. The first-order valence-electron chi connectivity index (χ1n) is 7.80. The molecule has 0 saturated carbocycles. The second-order valence-corrected chi connectivity index (χ2v) is 7.09. The van der Waals surface area contributed by atoms with Crippen molar-refractivity contribution in [2.75, 3.05) is 24.7 Å². The van der Waals surface area contributed by atoms with Gasteiger partial charge in [0.05, 0.1) is 12.3 Å². The van der Waals surface area contributed by atoms with Crippen LogP contribution in [0, 0.1) is 0 Å². The number of hydrogen-bond acceptors (Lipinski definition) is 4. The molecule has 1 saturated heterocycles. The van der Waals surface area contributed by atoms with Crippen LogP contribution in [0.4, 0.5) is 0 Å². The third kappa shape index (κ3) is 4.41. The molecule has 6 heteroatoms. The number of thioether (sulfide) groups is 1. The van der Waals surface area contributed by atoms with Crippen molar-refractivity contribution in [2.45, 2.75) is 32.4 Å². The molecule has 23 heavy (non-hydrogen) atoms. The lowest BCUT2D eigenvalue weighted by Gasteiger charge is -2.43. The molecule has 0 bridgehead atoms. The van der Waals surface area contributed by atoms with Crippen LogP contribution < -0.4 is 10.1 Å². The van der Waals surface area contributed by atoms with Gasteiger partial charge in [-0.2, -0.15) is 0 Å². The van der Waals surface area contributed by atoms with Crippen LogP contribution in [0.1, 0.15) is 20.8 Å². The number of hydrogen-bond donors (Lipinski definition) is 1. The summed E-state index contributed by atoms with van der Waals surface area (Å²) in [4.78, 5) is 26.5. The second kappa shape index (κ2) is 7.73. The molecular formula is C17H24N2O3S. The predicted octanol–water partition coefficient (Wildman–Crippen LogP) is 1.92. The Kier molecular flexibility index (Phi) is 5.93. The van der Waals surface area contributed by atoms with E-state index < -0.39 is 5.54 Å². The topological polar surface area (TPSA) is 58.6 Å². The van der Waals surface area contributed by atoms with Crippen LogP contribution in [0.25, 0.3) is 0 Å². The van der Waals surface area contributed by atoms with Gasteiger partial charge in [-0.05, 0) is 32.9 Å². The van der Waals surface area contributed by atoms with Crippen molar-refractivity contribution in [1.29, 1.82) is 0 Å². The zero-order chi connectivity index (χ0) is 16.9. The highest BCUT2D eigenvalue weighted by molar-refractivity contribution is 8.00. The van der Waals surface area contributed by atoms with Gasteiger partial charge in [-0.15, -0.1) is 11.8 Å². The lowest BCUT2D eigenvalue weighted by Crippen LogP contribution is -2.64. The van der Waals surface area contributed by atoms with Crippen LogP contribution in [0.2, 0.25) is 0 Å². The van der Waals surface area contributed by atoms with Gasteiger partial charge in [0.2, 0.25) is 11.8 Å². The predicted molar refractivity (Wildman–Crippen MR) is 92.7 cm³/mol. The number of carbonyl (C=O) groups excluding carboxylic acids is 2. The van der Waals surface area contributed by atoms with E-state index in [-0.39, 0.29) is 17.9 Å². The van der Waals surface area contributed by atoms with Crippen molar-refractivity contribution in [1.82, 2.24) is 10.2 Å². The number of ether oxygens (including phenoxy) is 1. The first-order valence-corrected chi connectivity index (χ1v) is 8.96. The van der Waals surface area contributed by atoms with Gasteiger partial charge in [0.1, 0.15) is 17.9 Å². The molecule has 1 aromatic carbocycles.